The molecule has 0 aromatic heterocycles. The number of hydrogen-bond donors (Lipinski definition) is 3. The number of urea groups is 1. The lowest BCUT2D eigenvalue weighted by atomic mass is 10.1. The van der Waals surface area contributed by atoms with Gasteiger partial charge in [-0.25, -0.2) is 9.18 Å². The average Bonchev–Trinajstić information content (AvgIpc) is 2.32. The molecule has 1 aromatic carbocycles. The Balaban J connectivity index is 2.47. The van der Waals surface area contributed by atoms with Gasteiger partial charge in [-0.2, -0.15) is 0 Å². The summed E-state index contributed by atoms with van der Waals surface area (Å²) in [6.07, 6.45) is 0.0601. The Morgan fingerprint density at radius 2 is 2.11 bits per heavy atom. The van der Waals surface area contributed by atoms with Crippen LogP contribution in [0.3, 0.4) is 0 Å². The van der Waals surface area contributed by atoms with Crippen molar-refractivity contribution in [1.29, 1.82) is 0 Å². The summed E-state index contributed by atoms with van der Waals surface area (Å²) < 4.78 is 13.4. The highest BCUT2D eigenvalue weighted by molar-refractivity contribution is 5.74. The molecule has 0 saturated heterocycles. The van der Waals surface area contributed by atoms with E-state index in [2.05, 4.69) is 10.6 Å². The maximum absolute atomic E-state index is 13.4. The van der Waals surface area contributed by atoms with Crippen LogP contribution in [0.1, 0.15) is 37.4 Å². The highest BCUT2D eigenvalue weighted by atomic mass is 19.1. The number of halogens is 1. The average molecular weight is 268 g/mol. The molecule has 3 N–H and O–H groups in total. The number of hydrogen-bond acceptors (Lipinski definition) is 2. The predicted octanol–water partition coefficient (Wildman–Crippen LogP) is 2.27. The van der Waals surface area contributed by atoms with E-state index in [1.54, 1.807) is 32.9 Å². The Labute approximate surface area is 113 Å². The Bertz CT molecular complexity index is 435. The van der Waals surface area contributed by atoms with Crippen LogP contribution >= 0.6 is 0 Å². The monoisotopic (exact) mass is 268 g/mol. The maximum atomic E-state index is 13.4. The molecule has 0 radical (unpaired) electrons. The van der Waals surface area contributed by atoms with Crippen molar-refractivity contribution in [2.24, 2.45) is 0 Å². The molecule has 2 atom stereocenters. The summed E-state index contributed by atoms with van der Waals surface area (Å²) in [5.74, 6) is -0.277. The van der Waals surface area contributed by atoms with Crippen molar-refractivity contribution in [3.05, 3.63) is 35.1 Å². The predicted molar refractivity (Wildman–Crippen MR) is 72.4 cm³/mol. The highest BCUT2D eigenvalue weighted by Crippen LogP contribution is 2.16. The smallest absolute Gasteiger partial charge is 0.315 e. The minimum absolute atomic E-state index is 0.276. The van der Waals surface area contributed by atoms with Gasteiger partial charge >= 0.3 is 6.03 Å². The van der Waals surface area contributed by atoms with Crippen LogP contribution in [0.2, 0.25) is 0 Å². The second kappa shape index (κ2) is 7.09. The van der Waals surface area contributed by atoms with Crippen LogP contribution in [0.4, 0.5) is 9.18 Å². The SMILES string of the molecule is Cc1ccc(C(C)NC(=O)NCCC(C)O)cc1F. The van der Waals surface area contributed by atoms with Gasteiger partial charge in [-0.1, -0.05) is 12.1 Å². The van der Waals surface area contributed by atoms with Gasteiger partial charge in [0.05, 0.1) is 12.1 Å². The van der Waals surface area contributed by atoms with E-state index in [4.69, 9.17) is 5.11 Å². The van der Waals surface area contributed by atoms with E-state index < -0.39 is 6.10 Å². The van der Waals surface area contributed by atoms with E-state index >= 15 is 0 Å². The molecular weight excluding hydrogens is 247 g/mol. The third-order valence-corrected chi connectivity index (χ3v) is 2.89. The molecular formula is C14H21FN2O2. The van der Waals surface area contributed by atoms with Crippen LogP contribution in [0.25, 0.3) is 0 Å². The van der Waals surface area contributed by atoms with Crippen LogP contribution < -0.4 is 10.6 Å². The molecule has 2 amide bonds. The van der Waals surface area contributed by atoms with E-state index in [9.17, 15) is 9.18 Å². The van der Waals surface area contributed by atoms with Gasteiger partial charge in [-0.05, 0) is 44.4 Å². The van der Waals surface area contributed by atoms with E-state index in [-0.39, 0.29) is 17.9 Å². The summed E-state index contributed by atoms with van der Waals surface area (Å²) in [5.41, 5.74) is 1.30. The fraction of sp³-hybridized carbons (Fsp3) is 0.500. The molecule has 0 aliphatic carbocycles. The fourth-order valence-electron chi connectivity index (χ4n) is 1.60. The van der Waals surface area contributed by atoms with Gasteiger partial charge in [0.1, 0.15) is 5.82 Å². The van der Waals surface area contributed by atoms with Gasteiger partial charge in [-0.15, -0.1) is 0 Å². The van der Waals surface area contributed by atoms with Gasteiger partial charge in [0.15, 0.2) is 0 Å². The first-order chi connectivity index (χ1) is 8.90. The van der Waals surface area contributed by atoms with Crippen LogP contribution in [0, 0.1) is 12.7 Å². The molecule has 1 aromatic rings. The Morgan fingerprint density at radius 3 is 2.68 bits per heavy atom. The second-order valence-corrected chi connectivity index (χ2v) is 4.77. The fourth-order valence-corrected chi connectivity index (χ4v) is 1.60. The largest absolute Gasteiger partial charge is 0.393 e. The molecule has 1 rings (SSSR count). The van der Waals surface area contributed by atoms with E-state index in [0.717, 1.165) is 0 Å². The zero-order valence-corrected chi connectivity index (χ0v) is 11.5. The highest BCUT2D eigenvalue weighted by Gasteiger charge is 2.10. The molecule has 0 fully saturated rings. The number of benzene rings is 1. The summed E-state index contributed by atoms with van der Waals surface area (Å²) in [7, 11) is 0. The zero-order chi connectivity index (χ0) is 14.4. The number of rotatable bonds is 5. The van der Waals surface area contributed by atoms with Gasteiger partial charge in [0.25, 0.3) is 0 Å². The first-order valence-corrected chi connectivity index (χ1v) is 6.38. The minimum atomic E-state index is -0.441. The number of amides is 2. The summed E-state index contributed by atoms with van der Waals surface area (Å²) in [4.78, 5) is 11.6. The van der Waals surface area contributed by atoms with E-state index in [1.807, 2.05) is 0 Å². The summed E-state index contributed by atoms with van der Waals surface area (Å²) >= 11 is 0. The second-order valence-electron chi connectivity index (χ2n) is 4.77. The topological polar surface area (TPSA) is 61.4 Å². The van der Waals surface area contributed by atoms with Crippen molar-refractivity contribution in [3.8, 4) is 0 Å². The van der Waals surface area contributed by atoms with Crippen LogP contribution in [0.5, 0.6) is 0 Å². The lowest BCUT2D eigenvalue weighted by Gasteiger charge is -2.16. The molecule has 0 aliphatic rings. The number of nitrogens with one attached hydrogen (secondary N) is 2. The van der Waals surface area contributed by atoms with Gasteiger partial charge in [0.2, 0.25) is 0 Å². The van der Waals surface area contributed by atoms with Gasteiger partial charge < -0.3 is 15.7 Å². The molecule has 0 bridgehead atoms. The normalized spacial score (nSPS) is 13.7. The van der Waals surface area contributed by atoms with E-state index in [0.29, 0.717) is 24.1 Å². The molecule has 4 nitrogen and oxygen atoms in total. The molecule has 0 aliphatic heterocycles. The number of carbonyl (C=O) groups excluding carboxylic acids is 1. The third kappa shape index (κ3) is 5.26. The molecule has 0 spiro atoms. The maximum Gasteiger partial charge on any atom is 0.315 e. The Hall–Kier alpha value is -1.62. The quantitative estimate of drug-likeness (QED) is 0.767. The number of aliphatic hydroxyl groups excluding tert-OH is 1. The standard InChI is InChI=1S/C14H21FN2O2/c1-9-4-5-12(8-13(9)15)11(3)17-14(19)16-7-6-10(2)18/h4-5,8,10-11,18H,6-7H2,1-3H3,(H2,16,17,19). The lowest BCUT2D eigenvalue weighted by Crippen LogP contribution is -2.38. The van der Waals surface area contributed by atoms with Crippen molar-refractivity contribution in [1.82, 2.24) is 10.6 Å². The minimum Gasteiger partial charge on any atom is -0.393 e. The van der Waals surface area contributed by atoms with Crippen molar-refractivity contribution in [3.63, 3.8) is 0 Å². The zero-order valence-electron chi connectivity index (χ0n) is 11.5. The third-order valence-electron chi connectivity index (χ3n) is 2.89. The number of aliphatic hydroxyl groups is 1. The first kappa shape index (κ1) is 15.4. The van der Waals surface area contributed by atoms with Crippen LogP contribution in [-0.2, 0) is 0 Å². The molecule has 0 saturated carbocycles. The van der Waals surface area contributed by atoms with Crippen LogP contribution in [0.15, 0.2) is 18.2 Å². The Morgan fingerprint density at radius 1 is 1.42 bits per heavy atom. The molecule has 5 heteroatoms. The lowest BCUT2D eigenvalue weighted by molar-refractivity contribution is 0.183. The summed E-state index contributed by atoms with van der Waals surface area (Å²) in [5, 5.41) is 14.4. The van der Waals surface area contributed by atoms with Crippen molar-refractivity contribution >= 4 is 6.03 Å². The summed E-state index contributed by atoms with van der Waals surface area (Å²) in [6.45, 7) is 5.55. The molecule has 19 heavy (non-hydrogen) atoms. The number of aryl methyl sites for hydroxylation is 1. The molecule has 2 unspecified atom stereocenters. The molecule has 0 heterocycles. The number of carbonyl (C=O) groups is 1. The molecule has 106 valence electrons. The van der Waals surface area contributed by atoms with Gasteiger partial charge in [-0.3, -0.25) is 0 Å². The van der Waals surface area contributed by atoms with Crippen molar-refractivity contribution in [2.45, 2.75) is 39.3 Å². The van der Waals surface area contributed by atoms with Crippen molar-refractivity contribution in [2.75, 3.05) is 6.54 Å². The van der Waals surface area contributed by atoms with Gasteiger partial charge in [0, 0.05) is 6.54 Å². The Kier molecular flexibility index (Phi) is 5.76. The van der Waals surface area contributed by atoms with E-state index in [1.165, 1.54) is 6.07 Å². The van der Waals surface area contributed by atoms with Crippen molar-refractivity contribution < 1.29 is 14.3 Å². The van der Waals surface area contributed by atoms with Crippen LogP contribution in [-0.4, -0.2) is 23.8 Å². The summed E-state index contributed by atoms with van der Waals surface area (Å²) in [6, 6.07) is 4.31. The first-order valence-electron chi connectivity index (χ1n) is 6.38.